The van der Waals surface area contributed by atoms with Gasteiger partial charge in [-0.1, -0.05) is 11.6 Å². The van der Waals surface area contributed by atoms with Gasteiger partial charge >= 0.3 is 0 Å². The molecule has 10 heteroatoms. The number of hydrogen-bond acceptors (Lipinski definition) is 6. The quantitative estimate of drug-likeness (QED) is 0.654. The van der Waals surface area contributed by atoms with Gasteiger partial charge < -0.3 is 5.11 Å². The van der Waals surface area contributed by atoms with Gasteiger partial charge in [0, 0.05) is 12.3 Å². The maximum atomic E-state index is 12.1. The Bertz CT molecular complexity index is 809. The number of pyridine rings is 1. The smallest absolute Gasteiger partial charge is 0.289 e. The van der Waals surface area contributed by atoms with Crippen LogP contribution in [0.3, 0.4) is 0 Å². The highest BCUT2D eigenvalue weighted by molar-refractivity contribution is 7.92. The number of nitrogens with one attached hydrogen (secondary N) is 1. The van der Waals surface area contributed by atoms with Crippen molar-refractivity contribution in [3.05, 3.63) is 51.7 Å². The lowest BCUT2D eigenvalue weighted by Crippen LogP contribution is -2.14. The van der Waals surface area contributed by atoms with Crippen molar-refractivity contribution >= 4 is 33.1 Å². The molecule has 0 spiro atoms. The Hall–Kier alpha value is -2.39. The molecule has 0 radical (unpaired) electrons. The molecule has 0 aliphatic carbocycles. The summed E-state index contributed by atoms with van der Waals surface area (Å²) in [7, 11) is -4.14. The summed E-state index contributed by atoms with van der Waals surface area (Å²) in [6.07, 6.45) is 1.28. The van der Waals surface area contributed by atoms with Crippen LogP contribution in [-0.2, 0) is 10.0 Å². The number of nitro groups is 1. The highest BCUT2D eigenvalue weighted by Gasteiger charge is 2.22. The maximum Gasteiger partial charge on any atom is 0.289 e. The van der Waals surface area contributed by atoms with E-state index in [1.54, 1.807) is 0 Å². The lowest BCUT2D eigenvalue weighted by atomic mass is 10.3. The lowest BCUT2D eigenvalue weighted by Gasteiger charge is -2.08. The molecule has 0 saturated carbocycles. The van der Waals surface area contributed by atoms with E-state index in [2.05, 4.69) is 4.98 Å². The number of anilines is 1. The number of benzene rings is 1. The predicted molar refractivity (Wildman–Crippen MR) is 74.8 cm³/mol. The average molecular weight is 330 g/mol. The molecule has 0 saturated heterocycles. The van der Waals surface area contributed by atoms with E-state index in [-0.39, 0.29) is 21.5 Å². The maximum absolute atomic E-state index is 12.1. The summed E-state index contributed by atoms with van der Waals surface area (Å²) in [6, 6.07) is 5.70. The summed E-state index contributed by atoms with van der Waals surface area (Å²) in [4.78, 5) is 13.3. The van der Waals surface area contributed by atoms with E-state index in [9.17, 15) is 23.6 Å². The third kappa shape index (κ3) is 3.20. The molecule has 21 heavy (non-hydrogen) atoms. The van der Waals surface area contributed by atoms with Crippen LogP contribution in [0.4, 0.5) is 11.5 Å². The summed E-state index contributed by atoms with van der Waals surface area (Å²) in [5, 5.41) is 20.1. The monoisotopic (exact) mass is 329 g/mol. The summed E-state index contributed by atoms with van der Waals surface area (Å²) < 4.78 is 26.3. The Morgan fingerprint density at radius 3 is 2.67 bits per heavy atom. The number of aromatic nitrogens is 1. The molecular formula is C11H8ClN3O5S. The molecule has 2 N–H and O–H groups in total. The Morgan fingerprint density at radius 1 is 1.33 bits per heavy atom. The van der Waals surface area contributed by atoms with Crippen LogP contribution >= 0.6 is 11.6 Å². The molecule has 1 aromatic heterocycles. The van der Waals surface area contributed by atoms with Gasteiger partial charge in [-0.3, -0.25) is 14.8 Å². The molecular weight excluding hydrogens is 322 g/mol. The Labute approximate surface area is 124 Å². The molecule has 2 aromatic rings. The minimum atomic E-state index is -4.14. The van der Waals surface area contributed by atoms with Crippen LogP contribution in [-0.4, -0.2) is 23.4 Å². The molecule has 0 aliphatic rings. The average Bonchev–Trinajstić information content (AvgIpc) is 2.41. The first-order chi connectivity index (χ1) is 9.81. The summed E-state index contributed by atoms with van der Waals surface area (Å²) >= 11 is 5.62. The molecule has 0 unspecified atom stereocenters. The molecule has 0 amide bonds. The molecule has 0 bridgehead atoms. The number of sulfonamides is 1. The number of hydrogen-bond donors (Lipinski definition) is 2. The molecule has 1 heterocycles. The standard InChI is InChI=1S/C11H8ClN3O5S/c12-8-4-3-7(6-9(8)15(17)18)21(19,20)14-11-10(16)2-1-5-13-11/h1-6,16H,(H,13,14). The minimum absolute atomic E-state index is 0.181. The summed E-state index contributed by atoms with van der Waals surface area (Å²) in [5.74, 6) is -0.653. The van der Waals surface area contributed by atoms with E-state index in [1.807, 2.05) is 4.72 Å². The van der Waals surface area contributed by atoms with E-state index in [0.717, 1.165) is 18.2 Å². The fourth-order valence-corrected chi connectivity index (χ4v) is 2.69. The highest BCUT2D eigenvalue weighted by Crippen LogP contribution is 2.29. The Morgan fingerprint density at radius 2 is 2.05 bits per heavy atom. The first-order valence-electron chi connectivity index (χ1n) is 5.42. The van der Waals surface area contributed by atoms with E-state index >= 15 is 0 Å². The van der Waals surface area contributed by atoms with Crippen molar-refractivity contribution in [3.8, 4) is 5.75 Å². The van der Waals surface area contributed by atoms with Gasteiger partial charge in [-0.15, -0.1) is 0 Å². The highest BCUT2D eigenvalue weighted by atomic mass is 35.5. The van der Waals surface area contributed by atoms with Gasteiger partial charge in [0.25, 0.3) is 15.7 Å². The first-order valence-corrected chi connectivity index (χ1v) is 7.28. The molecule has 0 fully saturated rings. The number of halogens is 1. The topological polar surface area (TPSA) is 122 Å². The third-order valence-corrected chi connectivity index (χ3v) is 4.10. The van der Waals surface area contributed by atoms with Crippen molar-refractivity contribution in [1.29, 1.82) is 0 Å². The van der Waals surface area contributed by atoms with Gasteiger partial charge in [0.2, 0.25) is 0 Å². The van der Waals surface area contributed by atoms with Gasteiger partial charge in [-0.05, 0) is 24.3 Å². The summed E-state index contributed by atoms with van der Waals surface area (Å²) in [5.41, 5.74) is -0.537. The van der Waals surface area contributed by atoms with Crippen molar-refractivity contribution in [2.75, 3.05) is 4.72 Å². The van der Waals surface area contributed by atoms with Crippen LogP contribution in [0.15, 0.2) is 41.4 Å². The molecule has 0 atom stereocenters. The van der Waals surface area contributed by atoms with Gasteiger partial charge in [-0.2, -0.15) is 0 Å². The fraction of sp³-hybridized carbons (Fsp3) is 0. The van der Waals surface area contributed by atoms with Crippen molar-refractivity contribution in [1.82, 2.24) is 4.98 Å². The second-order valence-electron chi connectivity index (χ2n) is 3.85. The zero-order valence-electron chi connectivity index (χ0n) is 10.2. The van der Waals surface area contributed by atoms with Crippen molar-refractivity contribution in [2.24, 2.45) is 0 Å². The van der Waals surface area contributed by atoms with Crippen molar-refractivity contribution in [3.63, 3.8) is 0 Å². The third-order valence-electron chi connectivity index (χ3n) is 2.44. The van der Waals surface area contributed by atoms with Crippen LogP contribution in [0.25, 0.3) is 0 Å². The van der Waals surface area contributed by atoms with Gasteiger partial charge in [-0.25, -0.2) is 13.4 Å². The lowest BCUT2D eigenvalue weighted by molar-refractivity contribution is -0.384. The Balaban J connectivity index is 2.43. The van der Waals surface area contributed by atoms with E-state index in [0.29, 0.717) is 0 Å². The van der Waals surface area contributed by atoms with Gasteiger partial charge in [0.1, 0.15) is 5.02 Å². The largest absolute Gasteiger partial charge is 0.504 e. The first kappa shape index (κ1) is 15.0. The number of aromatic hydroxyl groups is 1. The zero-order chi connectivity index (χ0) is 15.6. The van der Waals surface area contributed by atoms with Crippen LogP contribution in [0.2, 0.25) is 5.02 Å². The van der Waals surface area contributed by atoms with E-state index < -0.39 is 20.6 Å². The zero-order valence-corrected chi connectivity index (χ0v) is 11.8. The van der Waals surface area contributed by atoms with E-state index in [1.165, 1.54) is 18.3 Å². The summed E-state index contributed by atoms with van der Waals surface area (Å²) in [6.45, 7) is 0. The molecule has 2 rings (SSSR count). The van der Waals surface area contributed by atoms with Crippen molar-refractivity contribution in [2.45, 2.75) is 4.90 Å². The minimum Gasteiger partial charge on any atom is -0.504 e. The van der Waals surface area contributed by atoms with Gasteiger partial charge in [0.15, 0.2) is 11.6 Å². The second kappa shape index (κ2) is 5.54. The second-order valence-corrected chi connectivity index (χ2v) is 5.94. The van der Waals surface area contributed by atoms with Gasteiger partial charge in [0.05, 0.1) is 9.82 Å². The molecule has 8 nitrogen and oxygen atoms in total. The predicted octanol–water partition coefficient (Wildman–Crippen LogP) is 2.15. The van der Waals surface area contributed by atoms with Crippen LogP contribution < -0.4 is 4.72 Å². The van der Waals surface area contributed by atoms with Crippen LogP contribution in [0.1, 0.15) is 0 Å². The molecule has 110 valence electrons. The van der Waals surface area contributed by atoms with Crippen LogP contribution in [0.5, 0.6) is 5.75 Å². The normalized spacial score (nSPS) is 11.1. The van der Waals surface area contributed by atoms with E-state index in [4.69, 9.17) is 11.6 Å². The van der Waals surface area contributed by atoms with Crippen LogP contribution in [0, 0.1) is 10.1 Å². The number of nitrogens with zero attached hydrogens (tertiary/aromatic N) is 2. The SMILES string of the molecule is O=[N+]([O-])c1cc(S(=O)(=O)Nc2ncccc2O)ccc1Cl. The Kier molecular flexibility index (Phi) is 3.96. The molecule has 0 aliphatic heterocycles. The number of rotatable bonds is 4. The molecule has 1 aromatic carbocycles. The fourth-order valence-electron chi connectivity index (χ4n) is 1.46. The number of nitro benzene ring substituents is 1. The van der Waals surface area contributed by atoms with Crippen molar-refractivity contribution < 1.29 is 18.4 Å².